The molecule has 21 heavy (non-hydrogen) atoms. The Balaban J connectivity index is 2.28. The molecule has 0 bridgehead atoms. The van der Waals surface area contributed by atoms with Gasteiger partial charge in [0.15, 0.2) is 0 Å². The SMILES string of the molecule is CCOC(=O)C(=O)NC(c1ccccc1)c1nccn1C. The quantitative estimate of drug-likeness (QED) is 0.677. The Kier molecular flexibility index (Phi) is 4.71. The molecule has 1 amide bonds. The molecule has 1 heterocycles. The largest absolute Gasteiger partial charge is 0.459 e. The normalized spacial score (nSPS) is 11.7. The summed E-state index contributed by atoms with van der Waals surface area (Å²) in [7, 11) is 1.83. The summed E-state index contributed by atoms with van der Waals surface area (Å²) in [5, 5.41) is 2.66. The van der Waals surface area contributed by atoms with Crippen LogP contribution in [0, 0.1) is 0 Å². The molecule has 0 aliphatic carbocycles. The minimum absolute atomic E-state index is 0.157. The van der Waals surface area contributed by atoms with Crippen LogP contribution in [0.1, 0.15) is 24.4 Å². The molecule has 0 fully saturated rings. The summed E-state index contributed by atoms with van der Waals surface area (Å²) in [6.45, 7) is 1.81. The molecule has 0 aliphatic heterocycles. The number of esters is 1. The van der Waals surface area contributed by atoms with Crippen LogP contribution in [0.5, 0.6) is 0 Å². The van der Waals surface area contributed by atoms with Gasteiger partial charge in [-0.05, 0) is 12.5 Å². The smallest absolute Gasteiger partial charge is 0.396 e. The van der Waals surface area contributed by atoms with Gasteiger partial charge in [0.05, 0.1) is 6.61 Å². The molecular formula is C15H17N3O3. The average Bonchev–Trinajstić information content (AvgIpc) is 2.91. The number of imidazole rings is 1. The van der Waals surface area contributed by atoms with E-state index in [-0.39, 0.29) is 6.61 Å². The van der Waals surface area contributed by atoms with Crippen LogP contribution in [-0.2, 0) is 21.4 Å². The molecule has 110 valence electrons. The molecule has 1 atom stereocenters. The standard InChI is InChI=1S/C15H17N3O3/c1-3-21-15(20)14(19)17-12(11-7-5-4-6-8-11)13-16-9-10-18(13)2/h4-10,12H,3H2,1-2H3,(H,17,19). The number of carbonyl (C=O) groups is 2. The van der Waals surface area contributed by atoms with Gasteiger partial charge < -0.3 is 14.6 Å². The number of hydrogen-bond donors (Lipinski definition) is 1. The van der Waals surface area contributed by atoms with Gasteiger partial charge in [-0.15, -0.1) is 0 Å². The second kappa shape index (κ2) is 6.69. The molecule has 6 nitrogen and oxygen atoms in total. The number of aromatic nitrogens is 2. The molecule has 6 heteroatoms. The second-order valence-corrected chi connectivity index (χ2v) is 4.43. The number of ether oxygens (including phenoxy) is 1. The molecule has 0 spiro atoms. The number of hydrogen-bond acceptors (Lipinski definition) is 4. The van der Waals surface area contributed by atoms with E-state index in [2.05, 4.69) is 10.3 Å². The van der Waals surface area contributed by atoms with Crippen molar-refractivity contribution >= 4 is 11.9 Å². The fourth-order valence-corrected chi connectivity index (χ4v) is 1.98. The van der Waals surface area contributed by atoms with Crippen molar-refractivity contribution < 1.29 is 14.3 Å². The molecule has 1 N–H and O–H groups in total. The number of nitrogens with zero attached hydrogens (tertiary/aromatic N) is 2. The number of nitrogens with one attached hydrogen (secondary N) is 1. The number of benzene rings is 1. The molecule has 2 rings (SSSR count). The Morgan fingerprint density at radius 1 is 1.33 bits per heavy atom. The monoisotopic (exact) mass is 287 g/mol. The van der Waals surface area contributed by atoms with Gasteiger partial charge in [-0.3, -0.25) is 4.79 Å². The summed E-state index contributed by atoms with van der Waals surface area (Å²) in [5.74, 6) is -1.04. The third-order valence-electron chi connectivity index (χ3n) is 2.99. The minimum atomic E-state index is -0.896. The van der Waals surface area contributed by atoms with Crippen molar-refractivity contribution in [1.29, 1.82) is 0 Å². The first-order chi connectivity index (χ1) is 10.1. The highest BCUT2D eigenvalue weighted by atomic mass is 16.5. The Bertz CT molecular complexity index is 622. The van der Waals surface area contributed by atoms with Crippen LogP contribution in [0.2, 0.25) is 0 Å². The lowest BCUT2D eigenvalue weighted by Gasteiger charge is -2.18. The molecule has 0 saturated heterocycles. The Hall–Kier alpha value is -2.63. The molecule has 0 saturated carbocycles. The first kappa shape index (κ1) is 14.8. The lowest BCUT2D eigenvalue weighted by atomic mass is 10.1. The maximum atomic E-state index is 11.9. The van der Waals surface area contributed by atoms with E-state index in [1.54, 1.807) is 23.9 Å². The second-order valence-electron chi connectivity index (χ2n) is 4.43. The van der Waals surface area contributed by atoms with E-state index in [1.165, 1.54) is 0 Å². The summed E-state index contributed by atoms with van der Waals surface area (Å²) in [6, 6.07) is 8.83. The zero-order valence-electron chi connectivity index (χ0n) is 11.9. The summed E-state index contributed by atoms with van der Waals surface area (Å²) < 4.78 is 6.50. The fourth-order valence-electron chi connectivity index (χ4n) is 1.98. The van der Waals surface area contributed by atoms with Crippen LogP contribution in [0.3, 0.4) is 0 Å². The van der Waals surface area contributed by atoms with Gasteiger partial charge in [0.25, 0.3) is 0 Å². The van der Waals surface area contributed by atoms with E-state index in [1.807, 2.05) is 37.4 Å². The van der Waals surface area contributed by atoms with Crippen molar-refractivity contribution in [1.82, 2.24) is 14.9 Å². The molecular weight excluding hydrogens is 270 g/mol. The van der Waals surface area contributed by atoms with Crippen molar-refractivity contribution in [2.75, 3.05) is 6.61 Å². The van der Waals surface area contributed by atoms with Crippen molar-refractivity contribution in [2.45, 2.75) is 13.0 Å². The number of carbonyl (C=O) groups excluding carboxylic acids is 2. The highest BCUT2D eigenvalue weighted by molar-refractivity contribution is 6.32. The molecule has 0 radical (unpaired) electrons. The van der Waals surface area contributed by atoms with Crippen LogP contribution in [0.25, 0.3) is 0 Å². The topological polar surface area (TPSA) is 73.2 Å². The third-order valence-corrected chi connectivity index (χ3v) is 2.99. The highest BCUT2D eigenvalue weighted by Crippen LogP contribution is 2.19. The minimum Gasteiger partial charge on any atom is -0.459 e. The Morgan fingerprint density at radius 2 is 2.05 bits per heavy atom. The predicted octanol–water partition coefficient (Wildman–Crippen LogP) is 1.19. The van der Waals surface area contributed by atoms with Gasteiger partial charge in [0, 0.05) is 19.4 Å². The van der Waals surface area contributed by atoms with E-state index < -0.39 is 17.9 Å². The Morgan fingerprint density at radius 3 is 2.62 bits per heavy atom. The first-order valence-electron chi connectivity index (χ1n) is 6.63. The van der Waals surface area contributed by atoms with Crippen molar-refractivity contribution in [2.24, 2.45) is 7.05 Å². The van der Waals surface area contributed by atoms with E-state index >= 15 is 0 Å². The maximum absolute atomic E-state index is 11.9. The van der Waals surface area contributed by atoms with Crippen LogP contribution in [0.15, 0.2) is 42.7 Å². The lowest BCUT2D eigenvalue weighted by Crippen LogP contribution is -2.37. The van der Waals surface area contributed by atoms with E-state index in [9.17, 15) is 9.59 Å². The van der Waals surface area contributed by atoms with Crippen molar-refractivity contribution in [3.05, 3.63) is 54.1 Å². The molecule has 0 aliphatic rings. The van der Waals surface area contributed by atoms with Gasteiger partial charge in [-0.25, -0.2) is 9.78 Å². The van der Waals surface area contributed by atoms with E-state index in [0.717, 1.165) is 5.56 Å². The van der Waals surface area contributed by atoms with Crippen molar-refractivity contribution in [3.8, 4) is 0 Å². The summed E-state index contributed by atoms with van der Waals surface area (Å²) in [4.78, 5) is 27.7. The summed E-state index contributed by atoms with van der Waals surface area (Å²) >= 11 is 0. The van der Waals surface area contributed by atoms with E-state index in [0.29, 0.717) is 5.82 Å². The number of amides is 1. The van der Waals surface area contributed by atoms with Gasteiger partial charge in [-0.1, -0.05) is 30.3 Å². The van der Waals surface area contributed by atoms with E-state index in [4.69, 9.17) is 4.74 Å². The predicted molar refractivity (Wildman–Crippen MR) is 76.3 cm³/mol. The number of rotatable bonds is 4. The van der Waals surface area contributed by atoms with Crippen LogP contribution in [0.4, 0.5) is 0 Å². The maximum Gasteiger partial charge on any atom is 0.396 e. The van der Waals surface area contributed by atoms with Crippen LogP contribution >= 0.6 is 0 Å². The summed E-state index contributed by atoms with van der Waals surface area (Å²) in [5.41, 5.74) is 0.837. The zero-order chi connectivity index (χ0) is 15.2. The van der Waals surface area contributed by atoms with Gasteiger partial charge in [0.2, 0.25) is 0 Å². The first-order valence-corrected chi connectivity index (χ1v) is 6.63. The lowest BCUT2D eigenvalue weighted by molar-refractivity contribution is -0.154. The molecule has 1 aromatic carbocycles. The average molecular weight is 287 g/mol. The highest BCUT2D eigenvalue weighted by Gasteiger charge is 2.24. The van der Waals surface area contributed by atoms with Crippen LogP contribution in [-0.4, -0.2) is 28.0 Å². The van der Waals surface area contributed by atoms with Gasteiger partial charge in [0.1, 0.15) is 11.9 Å². The zero-order valence-corrected chi connectivity index (χ0v) is 11.9. The van der Waals surface area contributed by atoms with Gasteiger partial charge in [-0.2, -0.15) is 0 Å². The third kappa shape index (κ3) is 3.47. The number of aryl methyl sites for hydroxylation is 1. The van der Waals surface area contributed by atoms with Crippen molar-refractivity contribution in [3.63, 3.8) is 0 Å². The molecule has 1 unspecified atom stereocenters. The fraction of sp³-hybridized carbons (Fsp3) is 0.267. The summed E-state index contributed by atoms with van der Waals surface area (Å²) in [6.07, 6.45) is 3.42. The van der Waals surface area contributed by atoms with Crippen LogP contribution < -0.4 is 5.32 Å². The molecule has 2 aromatic rings. The van der Waals surface area contributed by atoms with Gasteiger partial charge >= 0.3 is 11.9 Å². The Labute approximate surface area is 122 Å². The molecule has 1 aromatic heterocycles.